The number of carbonyl (C=O) groups excluding carboxylic acids is 2. The van der Waals surface area contributed by atoms with Gasteiger partial charge in [-0.3, -0.25) is 9.59 Å². The molecule has 0 unspecified atom stereocenters. The highest BCUT2D eigenvalue weighted by Crippen LogP contribution is 2.30. The molecule has 2 aliphatic heterocycles. The van der Waals surface area contributed by atoms with Crippen LogP contribution in [0.2, 0.25) is 0 Å². The molecule has 0 aromatic heterocycles. The Morgan fingerprint density at radius 2 is 1.45 bits per heavy atom. The van der Waals surface area contributed by atoms with E-state index in [1.807, 2.05) is 21.9 Å². The lowest BCUT2D eigenvalue weighted by Crippen LogP contribution is -2.46. The first-order valence-electron chi connectivity index (χ1n) is 12.0. The topological polar surface area (TPSA) is 59.1 Å². The van der Waals surface area contributed by atoms with Crippen LogP contribution in [-0.2, 0) is 4.79 Å². The predicted octanol–water partition coefficient (Wildman–Crippen LogP) is 4.37. The molecular weight excluding hydrogens is 392 g/mol. The zero-order valence-corrected chi connectivity index (χ0v) is 19.4. The van der Waals surface area contributed by atoms with Crippen molar-refractivity contribution in [3.05, 3.63) is 23.8 Å². The predicted molar refractivity (Wildman–Crippen MR) is 122 cm³/mol. The Bertz CT molecular complexity index is 735. The van der Waals surface area contributed by atoms with Gasteiger partial charge in [-0.05, 0) is 62.6 Å². The maximum Gasteiger partial charge on any atom is 0.253 e. The third kappa shape index (κ3) is 6.14. The minimum absolute atomic E-state index is 0.00101. The Morgan fingerprint density at radius 3 is 2.06 bits per heavy atom. The number of amides is 2. The van der Waals surface area contributed by atoms with Crippen LogP contribution in [0.15, 0.2) is 18.2 Å². The van der Waals surface area contributed by atoms with Gasteiger partial charge in [-0.25, -0.2) is 0 Å². The molecule has 3 rings (SSSR count). The molecule has 2 amide bonds. The Kier molecular flexibility index (Phi) is 8.61. The van der Waals surface area contributed by atoms with Crippen molar-refractivity contribution in [2.24, 2.45) is 11.8 Å². The number of likely N-dealkylation sites (tertiary alicyclic amines) is 2. The minimum Gasteiger partial charge on any atom is -0.490 e. The van der Waals surface area contributed by atoms with E-state index in [0.29, 0.717) is 49.3 Å². The van der Waals surface area contributed by atoms with Crippen LogP contribution in [0.4, 0.5) is 0 Å². The van der Waals surface area contributed by atoms with E-state index in [1.54, 1.807) is 6.07 Å². The Labute approximate surface area is 186 Å². The number of nitrogens with zero attached hydrogens (tertiary/aromatic N) is 2. The number of ether oxygens (including phenoxy) is 2. The van der Waals surface area contributed by atoms with E-state index in [-0.39, 0.29) is 17.7 Å². The first kappa shape index (κ1) is 23.4. The van der Waals surface area contributed by atoms with Gasteiger partial charge >= 0.3 is 0 Å². The van der Waals surface area contributed by atoms with Gasteiger partial charge in [0, 0.05) is 37.7 Å². The molecule has 0 aliphatic carbocycles. The largest absolute Gasteiger partial charge is 0.490 e. The number of carbonyl (C=O) groups is 2. The third-order valence-corrected chi connectivity index (χ3v) is 6.34. The molecule has 2 aliphatic rings. The number of rotatable bonds is 8. The van der Waals surface area contributed by atoms with Gasteiger partial charge in [-0.15, -0.1) is 0 Å². The Balaban J connectivity index is 1.58. The van der Waals surface area contributed by atoms with Crippen LogP contribution in [0.1, 0.15) is 69.7 Å². The lowest BCUT2D eigenvalue weighted by Gasteiger charge is -2.36. The van der Waals surface area contributed by atoms with Gasteiger partial charge in [0.1, 0.15) is 0 Å². The maximum absolute atomic E-state index is 13.1. The second kappa shape index (κ2) is 11.4. The zero-order chi connectivity index (χ0) is 22.2. The summed E-state index contributed by atoms with van der Waals surface area (Å²) in [6.45, 7) is 10.6. The molecule has 1 aromatic rings. The van der Waals surface area contributed by atoms with Gasteiger partial charge < -0.3 is 19.3 Å². The molecule has 2 heterocycles. The summed E-state index contributed by atoms with van der Waals surface area (Å²) >= 11 is 0. The van der Waals surface area contributed by atoms with Gasteiger partial charge in [-0.2, -0.15) is 0 Å². The molecule has 31 heavy (non-hydrogen) atoms. The highest BCUT2D eigenvalue weighted by molar-refractivity contribution is 5.95. The molecular formula is C25H38N2O4. The molecule has 0 saturated carbocycles. The quantitative estimate of drug-likeness (QED) is 0.614. The van der Waals surface area contributed by atoms with Crippen molar-refractivity contribution in [3.63, 3.8) is 0 Å². The van der Waals surface area contributed by atoms with Crippen LogP contribution < -0.4 is 9.47 Å². The van der Waals surface area contributed by atoms with Gasteiger partial charge in [0.2, 0.25) is 5.91 Å². The molecule has 0 atom stereocenters. The molecule has 0 bridgehead atoms. The fourth-order valence-electron chi connectivity index (χ4n) is 4.30. The first-order chi connectivity index (χ1) is 15.0. The van der Waals surface area contributed by atoms with Crippen molar-refractivity contribution in [1.82, 2.24) is 9.80 Å². The van der Waals surface area contributed by atoms with Gasteiger partial charge in [-0.1, -0.05) is 20.8 Å². The fourth-order valence-corrected chi connectivity index (χ4v) is 4.30. The SMILES string of the molecule is CCCOc1ccc(C(=O)N2CCC(C(=O)N3CCC(C)CC3)CC2)cc1OCCC. The van der Waals surface area contributed by atoms with Crippen molar-refractivity contribution in [2.75, 3.05) is 39.4 Å². The molecule has 172 valence electrons. The lowest BCUT2D eigenvalue weighted by atomic mass is 9.92. The van der Waals surface area contributed by atoms with E-state index in [1.165, 1.54) is 0 Å². The second-order valence-corrected chi connectivity index (χ2v) is 8.93. The van der Waals surface area contributed by atoms with Crippen LogP contribution >= 0.6 is 0 Å². The molecule has 6 heteroatoms. The third-order valence-electron chi connectivity index (χ3n) is 6.34. The molecule has 2 saturated heterocycles. The van der Waals surface area contributed by atoms with Gasteiger partial charge in [0.05, 0.1) is 13.2 Å². The molecule has 0 spiro atoms. The number of piperidine rings is 2. The average molecular weight is 431 g/mol. The molecule has 6 nitrogen and oxygen atoms in total. The van der Waals surface area contributed by atoms with Crippen molar-refractivity contribution >= 4 is 11.8 Å². The minimum atomic E-state index is 0.00101. The van der Waals surface area contributed by atoms with Gasteiger partial charge in [0.15, 0.2) is 11.5 Å². The number of hydrogen-bond donors (Lipinski definition) is 0. The standard InChI is InChI=1S/C25H38N2O4/c1-4-16-30-22-7-6-21(18-23(22)31-17-5-2)25(29)27-14-10-20(11-15-27)24(28)26-12-8-19(3)9-13-26/h6-7,18-20H,4-5,8-17H2,1-3H3. The van der Waals surface area contributed by atoms with E-state index in [2.05, 4.69) is 20.8 Å². The molecule has 0 radical (unpaired) electrons. The van der Waals surface area contributed by atoms with Crippen LogP contribution in [0, 0.1) is 11.8 Å². The van der Waals surface area contributed by atoms with E-state index in [0.717, 1.165) is 51.6 Å². The van der Waals surface area contributed by atoms with Crippen molar-refractivity contribution in [3.8, 4) is 11.5 Å². The van der Waals surface area contributed by atoms with Crippen LogP contribution in [0.3, 0.4) is 0 Å². The van der Waals surface area contributed by atoms with Gasteiger partial charge in [0.25, 0.3) is 5.91 Å². The lowest BCUT2D eigenvalue weighted by molar-refractivity contribution is -0.138. The van der Waals surface area contributed by atoms with Crippen molar-refractivity contribution in [2.45, 2.75) is 59.3 Å². The van der Waals surface area contributed by atoms with E-state index in [4.69, 9.17) is 9.47 Å². The summed E-state index contributed by atoms with van der Waals surface area (Å²) in [6, 6.07) is 5.45. The summed E-state index contributed by atoms with van der Waals surface area (Å²) in [5.74, 6) is 2.37. The maximum atomic E-state index is 13.1. The number of hydrogen-bond acceptors (Lipinski definition) is 4. The van der Waals surface area contributed by atoms with Crippen LogP contribution in [0.25, 0.3) is 0 Å². The second-order valence-electron chi connectivity index (χ2n) is 8.93. The summed E-state index contributed by atoms with van der Waals surface area (Å²) in [4.78, 5) is 29.9. The molecule has 0 N–H and O–H groups in total. The zero-order valence-electron chi connectivity index (χ0n) is 19.4. The van der Waals surface area contributed by atoms with E-state index >= 15 is 0 Å². The normalized spacial score (nSPS) is 18.2. The van der Waals surface area contributed by atoms with Crippen LogP contribution in [0.5, 0.6) is 11.5 Å². The summed E-state index contributed by atoms with van der Waals surface area (Å²) in [6.07, 6.45) is 5.49. The summed E-state index contributed by atoms with van der Waals surface area (Å²) < 4.78 is 11.6. The van der Waals surface area contributed by atoms with Crippen molar-refractivity contribution < 1.29 is 19.1 Å². The summed E-state index contributed by atoms with van der Waals surface area (Å²) in [7, 11) is 0. The highest BCUT2D eigenvalue weighted by Gasteiger charge is 2.32. The molecule has 2 fully saturated rings. The smallest absolute Gasteiger partial charge is 0.253 e. The summed E-state index contributed by atoms with van der Waals surface area (Å²) in [5, 5.41) is 0. The Hall–Kier alpha value is -2.24. The Morgan fingerprint density at radius 1 is 0.871 bits per heavy atom. The highest BCUT2D eigenvalue weighted by atomic mass is 16.5. The van der Waals surface area contributed by atoms with E-state index < -0.39 is 0 Å². The summed E-state index contributed by atoms with van der Waals surface area (Å²) in [5.41, 5.74) is 0.616. The average Bonchev–Trinajstić information content (AvgIpc) is 2.81. The molecule has 1 aromatic carbocycles. The first-order valence-corrected chi connectivity index (χ1v) is 12.0. The van der Waals surface area contributed by atoms with Crippen LogP contribution in [-0.4, -0.2) is 61.0 Å². The fraction of sp³-hybridized carbons (Fsp3) is 0.680. The number of benzene rings is 1. The van der Waals surface area contributed by atoms with Crippen molar-refractivity contribution in [1.29, 1.82) is 0 Å². The monoisotopic (exact) mass is 430 g/mol. The van der Waals surface area contributed by atoms with E-state index in [9.17, 15) is 9.59 Å².